The number of amides is 1. The average Bonchev–Trinajstić information content (AvgIpc) is 2.88. The lowest BCUT2D eigenvalue weighted by atomic mass is 10.0. The van der Waals surface area contributed by atoms with Gasteiger partial charge in [-0.1, -0.05) is 23.7 Å². The Morgan fingerprint density at radius 2 is 1.96 bits per heavy atom. The molecule has 2 unspecified atom stereocenters. The second-order valence-corrected chi connectivity index (χ2v) is 5.80. The summed E-state index contributed by atoms with van der Waals surface area (Å²) in [6, 6.07) is 6.70. The largest absolute Gasteiger partial charge is 0.481 e. The molecule has 122 valence electrons. The third kappa shape index (κ3) is 3.53. The van der Waals surface area contributed by atoms with Gasteiger partial charge in [-0.25, -0.2) is 4.68 Å². The van der Waals surface area contributed by atoms with Gasteiger partial charge >= 0.3 is 5.97 Å². The Labute approximate surface area is 139 Å². The van der Waals surface area contributed by atoms with E-state index in [9.17, 15) is 9.59 Å². The molecule has 0 fully saturated rings. The van der Waals surface area contributed by atoms with Gasteiger partial charge < -0.3 is 10.4 Å². The minimum Gasteiger partial charge on any atom is -0.481 e. The van der Waals surface area contributed by atoms with Gasteiger partial charge in [0.2, 0.25) is 0 Å². The number of rotatable bonds is 5. The first-order valence-corrected chi connectivity index (χ1v) is 7.54. The molecule has 0 spiro atoms. The lowest BCUT2D eigenvalue weighted by molar-refractivity contribution is -0.141. The summed E-state index contributed by atoms with van der Waals surface area (Å²) in [5, 5.41) is 16.4. The second kappa shape index (κ2) is 6.83. The van der Waals surface area contributed by atoms with E-state index in [1.807, 2.05) is 12.1 Å². The standard InChI is InChI=1S/C16H18ClN3O3/c1-9(16(22)23)10(2)19-15(21)12-8-18-20(11(12)3)14-7-5-4-6-13(14)17/h4-10H,1-3H3,(H,19,21)(H,22,23). The second-order valence-electron chi connectivity index (χ2n) is 5.40. The minimum atomic E-state index is -0.957. The van der Waals surface area contributed by atoms with E-state index in [1.54, 1.807) is 37.6 Å². The first-order chi connectivity index (χ1) is 10.8. The maximum absolute atomic E-state index is 12.3. The Morgan fingerprint density at radius 1 is 1.30 bits per heavy atom. The topological polar surface area (TPSA) is 84.2 Å². The summed E-state index contributed by atoms with van der Waals surface area (Å²) >= 11 is 6.15. The molecule has 7 heteroatoms. The quantitative estimate of drug-likeness (QED) is 0.879. The number of benzene rings is 1. The van der Waals surface area contributed by atoms with Crippen LogP contribution in [0.1, 0.15) is 29.9 Å². The summed E-state index contributed by atoms with van der Waals surface area (Å²) in [5.41, 5.74) is 1.69. The van der Waals surface area contributed by atoms with Gasteiger partial charge in [-0.3, -0.25) is 9.59 Å². The van der Waals surface area contributed by atoms with Crippen LogP contribution < -0.4 is 5.32 Å². The highest BCUT2D eigenvalue weighted by molar-refractivity contribution is 6.32. The molecule has 2 aromatic rings. The van der Waals surface area contributed by atoms with E-state index >= 15 is 0 Å². The van der Waals surface area contributed by atoms with Crippen molar-refractivity contribution < 1.29 is 14.7 Å². The van der Waals surface area contributed by atoms with Gasteiger partial charge in [0, 0.05) is 6.04 Å². The zero-order valence-electron chi connectivity index (χ0n) is 13.1. The van der Waals surface area contributed by atoms with Gasteiger partial charge in [0.05, 0.1) is 34.1 Å². The van der Waals surface area contributed by atoms with E-state index in [1.165, 1.54) is 6.20 Å². The van der Waals surface area contributed by atoms with Gasteiger partial charge in [0.25, 0.3) is 5.91 Å². The number of hydrogen-bond donors (Lipinski definition) is 2. The number of carbonyl (C=O) groups is 2. The fraction of sp³-hybridized carbons (Fsp3) is 0.312. The number of hydrogen-bond acceptors (Lipinski definition) is 3. The molecular weight excluding hydrogens is 318 g/mol. The van der Waals surface area contributed by atoms with Gasteiger partial charge in [-0.05, 0) is 32.9 Å². The SMILES string of the molecule is Cc1c(C(=O)NC(C)C(C)C(=O)O)cnn1-c1ccccc1Cl. The van der Waals surface area contributed by atoms with E-state index in [-0.39, 0.29) is 5.91 Å². The fourth-order valence-electron chi connectivity index (χ4n) is 2.12. The Kier molecular flexibility index (Phi) is 5.05. The number of halogens is 1. The van der Waals surface area contributed by atoms with Crippen LogP contribution in [-0.2, 0) is 4.79 Å². The normalized spacial score (nSPS) is 13.4. The molecular formula is C16H18ClN3O3. The molecule has 0 saturated heterocycles. The molecule has 1 aromatic heterocycles. The van der Waals surface area contributed by atoms with Crippen molar-refractivity contribution in [1.82, 2.24) is 15.1 Å². The van der Waals surface area contributed by atoms with Crippen molar-refractivity contribution >= 4 is 23.5 Å². The molecule has 2 N–H and O–H groups in total. The average molecular weight is 336 g/mol. The van der Waals surface area contributed by atoms with Gasteiger partial charge in [0.1, 0.15) is 0 Å². The first-order valence-electron chi connectivity index (χ1n) is 7.16. The Hall–Kier alpha value is -2.34. The van der Waals surface area contributed by atoms with Crippen molar-refractivity contribution in [1.29, 1.82) is 0 Å². The molecule has 0 aliphatic carbocycles. The lowest BCUT2D eigenvalue weighted by Gasteiger charge is -2.17. The third-order valence-corrected chi connectivity index (χ3v) is 4.15. The van der Waals surface area contributed by atoms with Crippen LogP contribution in [-0.4, -0.2) is 32.8 Å². The first kappa shape index (κ1) is 17.0. The molecule has 0 bridgehead atoms. The smallest absolute Gasteiger partial charge is 0.308 e. The molecule has 0 aliphatic rings. The van der Waals surface area contributed by atoms with E-state index in [0.717, 1.165) is 0 Å². The number of aromatic nitrogens is 2. The van der Waals surface area contributed by atoms with Crippen molar-refractivity contribution in [3.63, 3.8) is 0 Å². The highest BCUT2D eigenvalue weighted by atomic mass is 35.5. The molecule has 2 atom stereocenters. The Bertz CT molecular complexity index is 742. The maximum Gasteiger partial charge on any atom is 0.308 e. The number of nitrogens with zero attached hydrogens (tertiary/aromatic N) is 2. The van der Waals surface area contributed by atoms with E-state index in [0.29, 0.717) is 22.0 Å². The predicted molar refractivity (Wildman–Crippen MR) is 87.0 cm³/mol. The third-order valence-electron chi connectivity index (χ3n) is 3.83. The zero-order chi connectivity index (χ0) is 17.1. The minimum absolute atomic E-state index is 0.360. The van der Waals surface area contributed by atoms with E-state index < -0.39 is 17.9 Å². The maximum atomic E-state index is 12.3. The van der Waals surface area contributed by atoms with Crippen molar-refractivity contribution in [2.45, 2.75) is 26.8 Å². The monoisotopic (exact) mass is 335 g/mol. The summed E-state index contributed by atoms with van der Waals surface area (Å²) in [5.74, 6) is -2.00. The summed E-state index contributed by atoms with van der Waals surface area (Å²) in [6.45, 7) is 4.97. The van der Waals surface area contributed by atoms with Gasteiger partial charge in [0.15, 0.2) is 0 Å². The number of carbonyl (C=O) groups excluding carboxylic acids is 1. The summed E-state index contributed by atoms with van der Waals surface area (Å²) in [4.78, 5) is 23.3. The zero-order valence-corrected chi connectivity index (χ0v) is 13.8. The van der Waals surface area contributed by atoms with Crippen molar-refractivity contribution in [3.8, 4) is 5.69 Å². The number of nitrogens with one attached hydrogen (secondary N) is 1. The van der Waals surface area contributed by atoms with Crippen LogP contribution in [0.5, 0.6) is 0 Å². The number of carboxylic acid groups (broad SMARTS) is 1. The molecule has 1 heterocycles. The van der Waals surface area contributed by atoms with Crippen LogP contribution in [0.15, 0.2) is 30.5 Å². The van der Waals surface area contributed by atoms with Crippen molar-refractivity contribution in [2.24, 2.45) is 5.92 Å². The summed E-state index contributed by atoms with van der Waals surface area (Å²) in [7, 11) is 0. The molecule has 2 rings (SSSR count). The molecule has 0 aliphatic heterocycles. The Balaban J connectivity index is 2.24. The van der Waals surface area contributed by atoms with Crippen molar-refractivity contribution in [2.75, 3.05) is 0 Å². The number of carboxylic acids is 1. The molecule has 0 saturated carbocycles. The van der Waals surface area contributed by atoms with Gasteiger partial charge in [-0.2, -0.15) is 5.10 Å². The predicted octanol–water partition coefficient (Wildman–Crippen LogP) is 2.67. The van der Waals surface area contributed by atoms with Crippen LogP contribution >= 0.6 is 11.6 Å². The summed E-state index contributed by atoms with van der Waals surface area (Å²) in [6.07, 6.45) is 1.45. The fourth-order valence-corrected chi connectivity index (χ4v) is 2.34. The molecule has 23 heavy (non-hydrogen) atoms. The highest BCUT2D eigenvalue weighted by Gasteiger charge is 2.23. The van der Waals surface area contributed by atoms with Crippen LogP contribution in [0.2, 0.25) is 5.02 Å². The molecule has 1 amide bonds. The van der Waals surface area contributed by atoms with Crippen LogP contribution in [0.25, 0.3) is 5.69 Å². The van der Waals surface area contributed by atoms with Crippen LogP contribution in [0, 0.1) is 12.8 Å². The van der Waals surface area contributed by atoms with E-state index in [2.05, 4.69) is 10.4 Å². The molecule has 6 nitrogen and oxygen atoms in total. The lowest BCUT2D eigenvalue weighted by Crippen LogP contribution is -2.40. The number of para-hydroxylation sites is 1. The van der Waals surface area contributed by atoms with Gasteiger partial charge in [-0.15, -0.1) is 0 Å². The number of aliphatic carboxylic acids is 1. The highest BCUT2D eigenvalue weighted by Crippen LogP contribution is 2.22. The van der Waals surface area contributed by atoms with Crippen LogP contribution in [0.3, 0.4) is 0 Å². The summed E-state index contributed by atoms with van der Waals surface area (Å²) < 4.78 is 1.59. The van der Waals surface area contributed by atoms with Crippen molar-refractivity contribution in [3.05, 3.63) is 46.7 Å². The molecule has 0 radical (unpaired) electrons. The van der Waals surface area contributed by atoms with E-state index in [4.69, 9.17) is 16.7 Å². The van der Waals surface area contributed by atoms with Crippen LogP contribution in [0.4, 0.5) is 0 Å². The molecule has 1 aromatic carbocycles. The Morgan fingerprint density at radius 3 is 2.57 bits per heavy atom.